The maximum absolute atomic E-state index is 13.6. The first-order chi connectivity index (χ1) is 19.4. The number of oxazole rings is 1. The molecule has 0 atom stereocenters. The van der Waals surface area contributed by atoms with Gasteiger partial charge in [-0.25, -0.2) is 4.98 Å². The van der Waals surface area contributed by atoms with Crippen LogP contribution in [0.2, 0.25) is 10.0 Å². The molecule has 1 saturated carbocycles. The minimum Gasteiger partial charge on any atom is -0.481 e. The second-order valence-electron chi connectivity index (χ2n) is 10.3. The molecule has 6 nitrogen and oxygen atoms in total. The molecule has 1 aliphatic carbocycles. The van der Waals surface area contributed by atoms with Gasteiger partial charge in [-0.2, -0.15) is 13.2 Å². The van der Waals surface area contributed by atoms with Crippen LogP contribution in [0.1, 0.15) is 84.7 Å². The SMILES string of the molecule is O=C(O)CC1CCC(c2ccc(CC(=O)CCCC(=O)c3nc(-c4c(Cl)cccc4Cl)oc3C(F)(F)F)cc2)CC1. The molecule has 0 aliphatic heterocycles. The highest BCUT2D eigenvalue weighted by Gasteiger charge is 2.42. The first-order valence-electron chi connectivity index (χ1n) is 13.3. The third kappa shape index (κ3) is 7.98. The number of aromatic nitrogens is 1. The Morgan fingerprint density at radius 3 is 2.17 bits per heavy atom. The lowest BCUT2D eigenvalue weighted by Gasteiger charge is -2.28. The highest BCUT2D eigenvalue weighted by atomic mass is 35.5. The molecule has 0 spiro atoms. The minimum absolute atomic E-state index is 0.0173. The van der Waals surface area contributed by atoms with Crippen molar-refractivity contribution >= 4 is 40.7 Å². The van der Waals surface area contributed by atoms with Gasteiger partial charge in [0.1, 0.15) is 5.78 Å². The smallest absolute Gasteiger partial charge is 0.452 e. The summed E-state index contributed by atoms with van der Waals surface area (Å²) in [6.07, 6.45) is -1.24. The number of ketones is 2. The van der Waals surface area contributed by atoms with Gasteiger partial charge in [0.25, 0.3) is 0 Å². The van der Waals surface area contributed by atoms with Crippen LogP contribution in [-0.2, 0) is 22.2 Å². The number of Topliss-reactive ketones (excluding diaryl/α,β-unsaturated/α-hetero) is 2. The number of nitrogens with zero attached hydrogens (tertiary/aromatic N) is 1. The average molecular weight is 610 g/mol. The second kappa shape index (κ2) is 13.2. The Labute approximate surface area is 244 Å². The van der Waals surface area contributed by atoms with Crippen LogP contribution >= 0.6 is 23.2 Å². The summed E-state index contributed by atoms with van der Waals surface area (Å²) in [5, 5.41) is 9.02. The Morgan fingerprint density at radius 2 is 1.59 bits per heavy atom. The van der Waals surface area contributed by atoms with Gasteiger partial charge in [0.05, 0.1) is 15.6 Å². The molecule has 41 heavy (non-hydrogen) atoms. The number of aliphatic carboxylic acids is 1. The molecule has 1 aromatic heterocycles. The van der Waals surface area contributed by atoms with Gasteiger partial charge in [0.2, 0.25) is 11.7 Å². The molecule has 2 aromatic carbocycles. The summed E-state index contributed by atoms with van der Waals surface area (Å²) >= 11 is 12.1. The predicted molar refractivity (Wildman–Crippen MR) is 147 cm³/mol. The standard InChI is InChI=1S/C30H28Cl2F3NO5/c31-22-4-2-5-23(32)26(22)29-36-27(28(41-29)30(33,34)35)24(38)6-1-3-21(37)15-17-7-11-19(12-8-17)20-13-9-18(10-14-20)16-25(39)40/h2,4-5,7-8,11-12,18,20H,1,3,6,9-10,13-16H2,(H,39,40). The maximum Gasteiger partial charge on any atom is 0.452 e. The Morgan fingerprint density at radius 1 is 0.951 bits per heavy atom. The summed E-state index contributed by atoms with van der Waals surface area (Å²) in [7, 11) is 0. The second-order valence-corrected chi connectivity index (χ2v) is 11.2. The van der Waals surface area contributed by atoms with E-state index in [1.807, 2.05) is 24.3 Å². The first kappa shape index (κ1) is 30.8. The molecule has 1 aliphatic rings. The molecule has 1 heterocycles. The largest absolute Gasteiger partial charge is 0.481 e. The van der Waals surface area contributed by atoms with Crippen molar-refractivity contribution in [3.05, 3.63) is 75.1 Å². The Balaban J connectivity index is 1.31. The molecule has 1 N–H and O–H groups in total. The number of carboxylic acid groups (broad SMARTS) is 1. The minimum atomic E-state index is -4.97. The quantitative estimate of drug-likeness (QED) is 0.219. The summed E-state index contributed by atoms with van der Waals surface area (Å²) < 4.78 is 45.8. The summed E-state index contributed by atoms with van der Waals surface area (Å²) in [4.78, 5) is 39.9. The molecule has 4 rings (SSSR count). The van der Waals surface area contributed by atoms with Gasteiger partial charge in [-0.05, 0) is 67.2 Å². The molecule has 218 valence electrons. The van der Waals surface area contributed by atoms with E-state index in [1.165, 1.54) is 18.2 Å². The molecule has 11 heteroatoms. The van der Waals surface area contributed by atoms with Crippen molar-refractivity contribution in [2.24, 2.45) is 5.92 Å². The number of halogens is 5. The van der Waals surface area contributed by atoms with Crippen LogP contribution in [0.5, 0.6) is 0 Å². The van der Waals surface area contributed by atoms with Gasteiger partial charge in [-0.1, -0.05) is 53.5 Å². The first-order valence-corrected chi connectivity index (χ1v) is 14.1. The van der Waals surface area contributed by atoms with Crippen molar-refractivity contribution in [3.63, 3.8) is 0 Å². The summed E-state index contributed by atoms with van der Waals surface area (Å²) in [6, 6.07) is 12.1. The molecule has 1 fully saturated rings. The average Bonchev–Trinajstić information content (AvgIpc) is 3.35. The van der Waals surface area contributed by atoms with E-state index in [9.17, 15) is 27.6 Å². The van der Waals surface area contributed by atoms with Gasteiger partial charge in [-0.15, -0.1) is 0 Å². The van der Waals surface area contributed by atoms with E-state index in [-0.39, 0.29) is 59.4 Å². The topological polar surface area (TPSA) is 97.5 Å². The molecular weight excluding hydrogens is 582 g/mol. The van der Waals surface area contributed by atoms with Gasteiger partial charge in [0, 0.05) is 25.7 Å². The fourth-order valence-corrected chi connectivity index (χ4v) is 5.80. The molecule has 3 aromatic rings. The molecule has 0 unspecified atom stereocenters. The molecule has 0 amide bonds. The van der Waals surface area contributed by atoms with E-state index >= 15 is 0 Å². The van der Waals surface area contributed by atoms with E-state index < -0.39 is 35.3 Å². The highest BCUT2D eigenvalue weighted by Crippen LogP contribution is 2.40. The Kier molecular flexibility index (Phi) is 9.92. The number of carbonyl (C=O) groups is 3. The number of hydrogen-bond donors (Lipinski definition) is 1. The van der Waals surface area contributed by atoms with Crippen molar-refractivity contribution in [2.45, 2.75) is 69.9 Å². The van der Waals surface area contributed by atoms with Crippen molar-refractivity contribution in [3.8, 4) is 11.5 Å². The molecule has 0 radical (unpaired) electrons. The Bertz CT molecular complexity index is 1390. The highest BCUT2D eigenvalue weighted by molar-refractivity contribution is 6.38. The summed E-state index contributed by atoms with van der Waals surface area (Å²) in [5.74, 6) is -3.25. The fourth-order valence-electron chi connectivity index (χ4n) is 5.25. The summed E-state index contributed by atoms with van der Waals surface area (Å²) in [5.41, 5.74) is 1.05. The number of alkyl halides is 3. The van der Waals surface area contributed by atoms with Crippen LogP contribution in [-0.4, -0.2) is 27.6 Å². The number of benzene rings is 2. The van der Waals surface area contributed by atoms with Crippen LogP contribution in [0, 0.1) is 5.92 Å². The predicted octanol–water partition coefficient (Wildman–Crippen LogP) is 8.58. The van der Waals surface area contributed by atoms with Crippen molar-refractivity contribution in [1.82, 2.24) is 4.98 Å². The monoisotopic (exact) mass is 609 g/mol. The van der Waals surface area contributed by atoms with Crippen LogP contribution in [0.4, 0.5) is 13.2 Å². The molecular formula is C30H28Cl2F3NO5. The van der Waals surface area contributed by atoms with Crippen molar-refractivity contribution < 1.29 is 37.1 Å². The van der Waals surface area contributed by atoms with E-state index in [0.717, 1.165) is 36.8 Å². The van der Waals surface area contributed by atoms with E-state index in [0.29, 0.717) is 5.92 Å². The van der Waals surface area contributed by atoms with Gasteiger partial charge in [-0.3, -0.25) is 14.4 Å². The van der Waals surface area contributed by atoms with Crippen LogP contribution in [0.15, 0.2) is 46.9 Å². The normalized spacial score (nSPS) is 17.4. The van der Waals surface area contributed by atoms with Crippen LogP contribution in [0.25, 0.3) is 11.5 Å². The lowest BCUT2D eigenvalue weighted by atomic mass is 9.77. The van der Waals surface area contributed by atoms with Crippen molar-refractivity contribution in [1.29, 1.82) is 0 Å². The van der Waals surface area contributed by atoms with E-state index in [1.54, 1.807) is 0 Å². The zero-order valence-corrected chi connectivity index (χ0v) is 23.5. The summed E-state index contributed by atoms with van der Waals surface area (Å²) in [6.45, 7) is 0. The lowest BCUT2D eigenvalue weighted by molar-refractivity contribution is -0.153. The number of rotatable bonds is 11. The van der Waals surface area contributed by atoms with Gasteiger partial charge in [0.15, 0.2) is 11.5 Å². The van der Waals surface area contributed by atoms with Crippen LogP contribution < -0.4 is 0 Å². The Hall–Kier alpha value is -3.17. The lowest BCUT2D eigenvalue weighted by Crippen LogP contribution is -2.16. The van der Waals surface area contributed by atoms with Crippen molar-refractivity contribution in [2.75, 3.05) is 0 Å². The van der Waals surface area contributed by atoms with E-state index in [2.05, 4.69) is 4.98 Å². The number of hydrogen-bond acceptors (Lipinski definition) is 5. The number of carboxylic acids is 1. The number of carbonyl (C=O) groups excluding carboxylic acids is 2. The zero-order valence-electron chi connectivity index (χ0n) is 22.0. The fraction of sp³-hybridized carbons (Fsp3) is 0.400. The maximum atomic E-state index is 13.6. The van der Waals surface area contributed by atoms with Gasteiger partial charge >= 0.3 is 12.1 Å². The molecule has 0 bridgehead atoms. The van der Waals surface area contributed by atoms with E-state index in [4.69, 9.17) is 32.7 Å². The van der Waals surface area contributed by atoms with Gasteiger partial charge < -0.3 is 9.52 Å². The third-order valence-corrected chi connectivity index (χ3v) is 7.98. The van der Waals surface area contributed by atoms with Crippen LogP contribution in [0.3, 0.4) is 0 Å². The third-order valence-electron chi connectivity index (χ3n) is 7.35. The molecule has 0 saturated heterocycles. The zero-order chi connectivity index (χ0) is 29.7.